The lowest BCUT2D eigenvalue weighted by molar-refractivity contribution is -0.137. The van der Waals surface area contributed by atoms with Crippen LogP contribution in [-0.2, 0) is 17.6 Å². The van der Waals surface area contributed by atoms with E-state index in [1.807, 2.05) is 50.9 Å². The molecule has 3 rings (SSSR count). The van der Waals surface area contributed by atoms with Crippen LogP contribution in [0, 0.1) is 6.92 Å². The van der Waals surface area contributed by atoms with Gasteiger partial charge in [-0.05, 0) is 87.1 Å². The van der Waals surface area contributed by atoms with Crippen molar-refractivity contribution >= 4 is 17.5 Å². The molecule has 0 atom stereocenters. The lowest BCUT2D eigenvalue weighted by Crippen LogP contribution is -2.27. The average Bonchev–Trinajstić information content (AvgIpc) is 3.22. The van der Waals surface area contributed by atoms with E-state index in [2.05, 4.69) is 29.5 Å². The van der Waals surface area contributed by atoms with Crippen LogP contribution in [0.4, 0.5) is 0 Å². The summed E-state index contributed by atoms with van der Waals surface area (Å²) in [6.07, 6.45) is 1.79. The summed E-state index contributed by atoms with van der Waals surface area (Å²) >= 11 is 1.40. The van der Waals surface area contributed by atoms with Crippen LogP contribution < -0.4 is 4.74 Å². The van der Waals surface area contributed by atoms with Crippen molar-refractivity contribution in [1.29, 1.82) is 0 Å². The molecule has 0 aliphatic carbocycles. The molecule has 6 nitrogen and oxygen atoms in total. The minimum absolute atomic E-state index is 0.0402. The zero-order valence-corrected chi connectivity index (χ0v) is 20.2. The molecule has 0 aliphatic rings. The maximum atomic E-state index is 10.9. The first-order valence-corrected chi connectivity index (χ1v) is 11.7. The zero-order valence-electron chi connectivity index (χ0n) is 19.4. The fourth-order valence-electron chi connectivity index (χ4n) is 3.74. The van der Waals surface area contributed by atoms with E-state index in [4.69, 9.17) is 14.8 Å². The van der Waals surface area contributed by atoms with Crippen molar-refractivity contribution in [2.45, 2.75) is 46.6 Å². The van der Waals surface area contributed by atoms with E-state index in [9.17, 15) is 4.79 Å². The number of hydrogen-bond acceptors (Lipinski definition) is 6. The molecule has 32 heavy (non-hydrogen) atoms. The van der Waals surface area contributed by atoms with Crippen molar-refractivity contribution in [2.24, 2.45) is 0 Å². The molecule has 0 spiro atoms. The SMILES string of the molecule is CCc1c(CCN(C)CC(=O)O)cccc1-c1nsc(-c2ccc(OC(C)C)c(C)c2)n1. The standard InChI is InChI=1S/C25H31N3O3S/c1-6-20-18(12-13-28(5)15-23(29)30)8-7-9-21(20)24-26-25(32-27-24)19-10-11-22(17(4)14-19)31-16(2)3/h7-11,14,16H,6,12-13,15H2,1-5H3,(H,29,30). The van der Waals surface area contributed by atoms with Gasteiger partial charge in [0.25, 0.3) is 0 Å². The topological polar surface area (TPSA) is 75.6 Å². The highest BCUT2D eigenvalue weighted by Crippen LogP contribution is 2.32. The van der Waals surface area contributed by atoms with E-state index in [0.717, 1.165) is 46.1 Å². The Bertz CT molecular complexity index is 1080. The largest absolute Gasteiger partial charge is 0.491 e. The van der Waals surface area contributed by atoms with Crippen LogP contribution in [0.5, 0.6) is 5.75 Å². The summed E-state index contributed by atoms with van der Waals surface area (Å²) in [6.45, 7) is 8.94. The number of carboxylic acid groups (broad SMARTS) is 1. The number of likely N-dealkylation sites (N-methyl/N-ethyl adjacent to an activating group) is 1. The number of aryl methyl sites for hydroxylation is 1. The molecular formula is C25H31N3O3S. The zero-order chi connectivity index (χ0) is 23.3. The number of carboxylic acids is 1. The second kappa shape index (κ2) is 10.7. The number of hydrogen-bond donors (Lipinski definition) is 1. The summed E-state index contributed by atoms with van der Waals surface area (Å²) in [5.74, 6) is 0.820. The number of aromatic nitrogens is 2. The van der Waals surface area contributed by atoms with E-state index in [1.165, 1.54) is 22.7 Å². The summed E-state index contributed by atoms with van der Waals surface area (Å²) in [5, 5.41) is 9.86. The van der Waals surface area contributed by atoms with Crippen LogP contribution in [-0.4, -0.2) is 51.6 Å². The van der Waals surface area contributed by atoms with Gasteiger partial charge in [-0.15, -0.1) is 0 Å². The third-order valence-corrected chi connectivity index (χ3v) is 6.01. The quantitative estimate of drug-likeness (QED) is 0.461. The summed E-state index contributed by atoms with van der Waals surface area (Å²) in [7, 11) is 1.83. The first kappa shape index (κ1) is 23.9. The Morgan fingerprint density at radius 2 is 2.03 bits per heavy atom. The van der Waals surface area contributed by atoms with Gasteiger partial charge in [0.1, 0.15) is 10.8 Å². The van der Waals surface area contributed by atoms with E-state index < -0.39 is 5.97 Å². The molecule has 7 heteroatoms. The van der Waals surface area contributed by atoms with Gasteiger partial charge in [-0.3, -0.25) is 9.69 Å². The molecule has 1 aromatic heterocycles. The normalized spacial score (nSPS) is 11.3. The highest BCUT2D eigenvalue weighted by Gasteiger charge is 2.16. The predicted octanol–water partition coefficient (Wildman–Crippen LogP) is 5.09. The molecule has 1 N–H and O–H groups in total. The first-order chi connectivity index (χ1) is 15.3. The minimum Gasteiger partial charge on any atom is -0.491 e. The van der Waals surface area contributed by atoms with E-state index in [-0.39, 0.29) is 12.6 Å². The van der Waals surface area contributed by atoms with Gasteiger partial charge in [0.2, 0.25) is 0 Å². The molecule has 0 aliphatic heterocycles. The number of benzene rings is 2. The molecular weight excluding hydrogens is 422 g/mol. The first-order valence-electron chi connectivity index (χ1n) is 10.9. The molecule has 0 radical (unpaired) electrons. The third kappa shape index (κ3) is 5.93. The molecule has 0 unspecified atom stereocenters. The van der Waals surface area contributed by atoms with Gasteiger partial charge in [0, 0.05) is 17.7 Å². The fraction of sp³-hybridized carbons (Fsp3) is 0.400. The van der Waals surface area contributed by atoms with Gasteiger partial charge in [-0.25, -0.2) is 4.98 Å². The Hall–Kier alpha value is -2.77. The molecule has 0 saturated heterocycles. The van der Waals surface area contributed by atoms with Gasteiger partial charge in [0.05, 0.1) is 12.6 Å². The Balaban J connectivity index is 1.84. The Morgan fingerprint density at radius 1 is 1.25 bits per heavy atom. The van der Waals surface area contributed by atoms with Crippen molar-refractivity contribution in [2.75, 3.05) is 20.1 Å². The van der Waals surface area contributed by atoms with Crippen LogP contribution in [0.1, 0.15) is 37.5 Å². The molecule has 1 heterocycles. The molecule has 0 amide bonds. The van der Waals surface area contributed by atoms with Crippen LogP contribution in [0.2, 0.25) is 0 Å². The van der Waals surface area contributed by atoms with Gasteiger partial charge >= 0.3 is 5.97 Å². The van der Waals surface area contributed by atoms with Gasteiger partial charge in [-0.1, -0.05) is 25.1 Å². The highest BCUT2D eigenvalue weighted by molar-refractivity contribution is 7.09. The number of ether oxygens (including phenoxy) is 1. The fourth-order valence-corrected chi connectivity index (χ4v) is 4.41. The minimum atomic E-state index is -0.810. The highest BCUT2D eigenvalue weighted by atomic mass is 32.1. The molecule has 0 saturated carbocycles. The summed E-state index contributed by atoms with van der Waals surface area (Å²) in [5.41, 5.74) is 5.59. The second-order valence-electron chi connectivity index (χ2n) is 8.25. The predicted molar refractivity (Wildman–Crippen MR) is 129 cm³/mol. The smallest absolute Gasteiger partial charge is 0.317 e. The number of rotatable bonds is 10. The van der Waals surface area contributed by atoms with Gasteiger partial charge in [0.15, 0.2) is 5.82 Å². The van der Waals surface area contributed by atoms with Crippen molar-refractivity contribution in [1.82, 2.24) is 14.3 Å². The number of aliphatic carboxylic acids is 1. The number of nitrogens with zero attached hydrogens (tertiary/aromatic N) is 3. The summed E-state index contributed by atoms with van der Waals surface area (Å²) < 4.78 is 10.5. The Kier molecular flexibility index (Phi) is 7.99. The van der Waals surface area contributed by atoms with Crippen molar-refractivity contribution < 1.29 is 14.6 Å². The molecule has 2 aromatic carbocycles. The maximum absolute atomic E-state index is 10.9. The molecule has 170 valence electrons. The summed E-state index contributed by atoms with van der Waals surface area (Å²) in [4.78, 5) is 17.6. The van der Waals surface area contributed by atoms with Crippen LogP contribution in [0.25, 0.3) is 22.0 Å². The van der Waals surface area contributed by atoms with Crippen LogP contribution in [0.15, 0.2) is 36.4 Å². The van der Waals surface area contributed by atoms with E-state index in [1.54, 1.807) is 0 Å². The maximum Gasteiger partial charge on any atom is 0.317 e. The summed E-state index contributed by atoms with van der Waals surface area (Å²) in [6, 6.07) is 12.3. The van der Waals surface area contributed by atoms with Crippen molar-refractivity contribution in [3.63, 3.8) is 0 Å². The van der Waals surface area contributed by atoms with Crippen molar-refractivity contribution in [3.8, 4) is 27.7 Å². The third-order valence-electron chi connectivity index (χ3n) is 5.25. The van der Waals surface area contributed by atoms with Gasteiger partial charge in [-0.2, -0.15) is 4.37 Å². The van der Waals surface area contributed by atoms with Crippen LogP contribution in [0.3, 0.4) is 0 Å². The van der Waals surface area contributed by atoms with Crippen LogP contribution >= 0.6 is 11.5 Å². The van der Waals surface area contributed by atoms with E-state index >= 15 is 0 Å². The lowest BCUT2D eigenvalue weighted by Gasteiger charge is -2.16. The average molecular weight is 454 g/mol. The monoisotopic (exact) mass is 453 g/mol. The Morgan fingerprint density at radius 3 is 2.69 bits per heavy atom. The molecule has 0 fully saturated rings. The molecule has 3 aromatic rings. The van der Waals surface area contributed by atoms with Crippen molar-refractivity contribution in [3.05, 3.63) is 53.1 Å². The van der Waals surface area contributed by atoms with Gasteiger partial charge < -0.3 is 9.84 Å². The second-order valence-corrected chi connectivity index (χ2v) is 9.00. The Labute approximate surface area is 194 Å². The van der Waals surface area contributed by atoms with E-state index in [0.29, 0.717) is 6.54 Å². The lowest BCUT2D eigenvalue weighted by atomic mass is 9.96. The molecule has 0 bridgehead atoms. The number of carbonyl (C=O) groups is 1.